The van der Waals surface area contributed by atoms with Crippen LogP contribution in [-0.2, 0) is 15.1 Å². The Morgan fingerprint density at radius 1 is 1.52 bits per heavy atom. The third kappa shape index (κ3) is 3.03. The van der Waals surface area contributed by atoms with Gasteiger partial charge in [0.25, 0.3) is 0 Å². The van der Waals surface area contributed by atoms with Crippen molar-refractivity contribution in [2.24, 2.45) is 5.73 Å². The fourth-order valence-electron chi connectivity index (χ4n) is 1.76. The summed E-state index contributed by atoms with van der Waals surface area (Å²) in [6.07, 6.45) is 1.59. The lowest BCUT2D eigenvalue weighted by Crippen LogP contribution is -2.41. The van der Waals surface area contributed by atoms with Gasteiger partial charge in [0.05, 0.1) is 5.75 Å². The molecule has 0 saturated heterocycles. The molecule has 0 bridgehead atoms. The maximum absolute atomic E-state index is 11.7. The highest BCUT2D eigenvalue weighted by Gasteiger charge is 2.32. The third-order valence-corrected chi connectivity index (χ3v) is 4.28. The van der Waals surface area contributed by atoms with E-state index >= 15 is 0 Å². The number of halogens is 1. The molecule has 3 N–H and O–H groups in total. The summed E-state index contributed by atoms with van der Waals surface area (Å²) in [6, 6.07) is 1.75. The summed E-state index contributed by atoms with van der Waals surface area (Å²) in [6.45, 7) is 3.29. The van der Waals surface area contributed by atoms with Crippen LogP contribution in [0.4, 0.5) is 0 Å². The second-order valence-electron chi connectivity index (χ2n) is 4.83. The Bertz CT molecular complexity index is 729. The van der Waals surface area contributed by atoms with Gasteiger partial charge in [-0.1, -0.05) is 11.8 Å². The SMILES string of the molecule is CC(C)(C(N)=O)n1c(SCC(=O)O)nc2cc(Br)cnc21. The highest BCUT2D eigenvalue weighted by atomic mass is 79.9. The van der Waals surface area contributed by atoms with E-state index in [1.165, 1.54) is 0 Å². The van der Waals surface area contributed by atoms with E-state index in [1.807, 2.05) is 0 Å². The molecule has 0 aliphatic heterocycles. The number of amides is 1. The van der Waals surface area contributed by atoms with Crippen molar-refractivity contribution in [3.05, 3.63) is 16.7 Å². The monoisotopic (exact) mass is 372 g/mol. The topological polar surface area (TPSA) is 111 Å². The zero-order chi connectivity index (χ0) is 15.8. The number of pyridine rings is 1. The first kappa shape index (κ1) is 15.8. The molecule has 9 heteroatoms. The minimum absolute atomic E-state index is 0.167. The summed E-state index contributed by atoms with van der Waals surface area (Å²) in [4.78, 5) is 31.1. The molecular weight excluding hydrogens is 360 g/mol. The largest absolute Gasteiger partial charge is 0.481 e. The van der Waals surface area contributed by atoms with Crippen LogP contribution >= 0.6 is 27.7 Å². The summed E-state index contributed by atoms with van der Waals surface area (Å²) in [5.41, 5.74) is 5.43. The average Bonchev–Trinajstić information content (AvgIpc) is 2.73. The maximum atomic E-state index is 11.7. The molecule has 0 aliphatic rings. The first-order valence-corrected chi connectivity index (χ1v) is 7.70. The number of hydrogen-bond donors (Lipinski definition) is 2. The zero-order valence-corrected chi connectivity index (χ0v) is 13.7. The molecule has 2 aromatic rings. The van der Waals surface area contributed by atoms with E-state index in [2.05, 4.69) is 25.9 Å². The first-order valence-electron chi connectivity index (χ1n) is 5.92. The standard InChI is InChI=1S/C12H13BrN4O3S/c1-12(2,10(14)20)17-9-7(3-6(13)4-15-9)16-11(17)21-5-8(18)19/h3-4H,5H2,1-2H3,(H2,14,20)(H,18,19). The molecule has 0 fully saturated rings. The van der Waals surface area contributed by atoms with Crippen LogP contribution in [-0.4, -0.2) is 37.3 Å². The van der Waals surface area contributed by atoms with E-state index in [-0.39, 0.29) is 5.75 Å². The Labute approximate surface area is 133 Å². The van der Waals surface area contributed by atoms with Gasteiger partial charge in [-0.3, -0.25) is 14.2 Å². The lowest BCUT2D eigenvalue weighted by Gasteiger charge is -2.24. The normalized spacial score (nSPS) is 11.8. The average molecular weight is 373 g/mol. The molecule has 0 saturated carbocycles. The molecule has 1 amide bonds. The lowest BCUT2D eigenvalue weighted by molar-refractivity contribution is -0.133. The van der Waals surface area contributed by atoms with Gasteiger partial charge in [0.15, 0.2) is 10.8 Å². The van der Waals surface area contributed by atoms with E-state index in [0.717, 1.165) is 16.2 Å². The smallest absolute Gasteiger partial charge is 0.313 e. The van der Waals surface area contributed by atoms with E-state index in [0.29, 0.717) is 16.3 Å². The Morgan fingerprint density at radius 3 is 2.76 bits per heavy atom. The molecular formula is C12H13BrN4O3S. The number of carboxylic acid groups (broad SMARTS) is 1. The van der Waals surface area contributed by atoms with Crippen molar-refractivity contribution in [3.8, 4) is 0 Å². The second kappa shape index (κ2) is 5.64. The van der Waals surface area contributed by atoms with Crippen molar-refractivity contribution in [1.29, 1.82) is 0 Å². The van der Waals surface area contributed by atoms with E-state index < -0.39 is 17.4 Å². The number of carboxylic acids is 1. The van der Waals surface area contributed by atoms with Crippen LogP contribution in [0.25, 0.3) is 11.2 Å². The highest BCUT2D eigenvalue weighted by Crippen LogP contribution is 2.30. The van der Waals surface area contributed by atoms with Crippen molar-refractivity contribution < 1.29 is 14.7 Å². The molecule has 0 radical (unpaired) electrons. The van der Waals surface area contributed by atoms with E-state index in [1.54, 1.807) is 30.7 Å². The molecule has 2 rings (SSSR count). The van der Waals surface area contributed by atoms with E-state index in [9.17, 15) is 9.59 Å². The number of aromatic nitrogens is 3. The maximum Gasteiger partial charge on any atom is 0.313 e. The number of aliphatic carboxylic acids is 1. The Kier molecular flexibility index (Phi) is 4.24. The first-order chi connectivity index (χ1) is 9.73. The third-order valence-electron chi connectivity index (χ3n) is 2.92. The second-order valence-corrected chi connectivity index (χ2v) is 6.69. The number of fused-ring (bicyclic) bond motifs is 1. The van der Waals surface area contributed by atoms with Crippen LogP contribution in [0.1, 0.15) is 13.8 Å². The van der Waals surface area contributed by atoms with Gasteiger partial charge in [-0.15, -0.1) is 0 Å². The lowest BCUT2D eigenvalue weighted by atomic mass is 10.1. The van der Waals surface area contributed by atoms with Crippen LogP contribution in [0.3, 0.4) is 0 Å². The Hall–Kier alpha value is -1.61. The number of nitrogens with two attached hydrogens (primary N) is 1. The number of primary amides is 1. The molecule has 2 aromatic heterocycles. The van der Waals surface area contributed by atoms with Crippen molar-refractivity contribution in [3.63, 3.8) is 0 Å². The van der Waals surface area contributed by atoms with Crippen molar-refractivity contribution in [2.45, 2.75) is 24.5 Å². The fraction of sp³-hybridized carbons (Fsp3) is 0.333. The van der Waals surface area contributed by atoms with Gasteiger partial charge in [0, 0.05) is 10.7 Å². The van der Waals surface area contributed by atoms with Gasteiger partial charge < -0.3 is 10.8 Å². The number of nitrogens with zero attached hydrogens (tertiary/aromatic N) is 3. The summed E-state index contributed by atoms with van der Waals surface area (Å²) < 4.78 is 2.32. The van der Waals surface area contributed by atoms with Gasteiger partial charge in [0.2, 0.25) is 5.91 Å². The minimum atomic E-state index is -1.07. The molecule has 0 unspecified atom stereocenters. The van der Waals surface area contributed by atoms with Crippen LogP contribution in [0.2, 0.25) is 0 Å². The number of carbonyl (C=O) groups is 2. The van der Waals surface area contributed by atoms with Crippen LogP contribution < -0.4 is 5.73 Å². The van der Waals surface area contributed by atoms with Crippen molar-refractivity contribution >= 4 is 50.7 Å². The summed E-state index contributed by atoms with van der Waals surface area (Å²) in [7, 11) is 0. The molecule has 0 aliphatic carbocycles. The van der Waals surface area contributed by atoms with E-state index in [4.69, 9.17) is 10.8 Å². The fourth-order valence-corrected chi connectivity index (χ4v) is 2.94. The summed E-state index contributed by atoms with van der Waals surface area (Å²) in [5.74, 6) is -1.69. The van der Waals surface area contributed by atoms with Gasteiger partial charge >= 0.3 is 5.97 Å². The van der Waals surface area contributed by atoms with Crippen LogP contribution in [0, 0.1) is 0 Å². The molecule has 7 nitrogen and oxygen atoms in total. The quantitative estimate of drug-likeness (QED) is 0.770. The molecule has 21 heavy (non-hydrogen) atoms. The van der Waals surface area contributed by atoms with Crippen molar-refractivity contribution in [2.75, 3.05) is 5.75 Å². The Balaban J connectivity index is 2.65. The number of carbonyl (C=O) groups excluding carboxylic acids is 1. The Morgan fingerprint density at radius 2 is 2.19 bits per heavy atom. The van der Waals surface area contributed by atoms with Gasteiger partial charge in [-0.2, -0.15) is 0 Å². The van der Waals surface area contributed by atoms with Crippen LogP contribution in [0.5, 0.6) is 0 Å². The zero-order valence-electron chi connectivity index (χ0n) is 11.3. The van der Waals surface area contributed by atoms with Crippen LogP contribution in [0.15, 0.2) is 21.9 Å². The molecule has 0 spiro atoms. The molecule has 2 heterocycles. The predicted molar refractivity (Wildman–Crippen MR) is 82.1 cm³/mol. The number of imidazole rings is 1. The number of rotatable bonds is 5. The van der Waals surface area contributed by atoms with Crippen molar-refractivity contribution in [1.82, 2.24) is 14.5 Å². The number of thioether (sulfide) groups is 1. The van der Waals surface area contributed by atoms with Gasteiger partial charge in [-0.25, -0.2) is 9.97 Å². The van der Waals surface area contributed by atoms with Gasteiger partial charge in [-0.05, 0) is 35.8 Å². The minimum Gasteiger partial charge on any atom is -0.481 e. The highest BCUT2D eigenvalue weighted by molar-refractivity contribution is 9.10. The molecule has 112 valence electrons. The number of hydrogen-bond acceptors (Lipinski definition) is 5. The molecule has 0 aromatic carbocycles. The summed E-state index contributed by atoms with van der Waals surface area (Å²) >= 11 is 4.32. The molecule has 0 atom stereocenters. The predicted octanol–water partition coefficient (Wildman–Crippen LogP) is 1.59. The summed E-state index contributed by atoms with van der Waals surface area (Å²) in [5, 5.41) is 9.21. The van der Waals surface area contributed by atoms with Gasteiger partial charge in [0.1, 0.15) is 11.1 Å².